The largest absolute Gasteiger partial charge is 0.462 e. The molecule has 2 aromatic heterocycles. The number of nitrogens with zero attached hydrogens (tertiary/aromatic N) is 1. The monoisotopic (exact) mass is 350 g/mol. The van der Waals surface area contributed by atoms with Crippen LogP contribution < -0.4 is 5.32 Å². The van der Waals surface area contributed by atoms with Crippen LogP contribution in [0.25, 0.3) is 10.8 Å². The number of halogens is 2. The van der Waals surface area contributed by atoms with Crippen LogP contribution in [-0.4, -0.2) is 10.9 Å². The number of aromatic nitrogens is 1. The summed E-state index contributed by atoms with van der Waals surface area (Å²) in [7, 11) is 0. The Kier molecular flexibility index (Phi) is 4.45. The van der Waals surface area contributed by atoms with E-state index < -0.39 is 5.82 Å². The zero-order valence-electron chi connectivity index (χ0n) is 12.1. The van der Waals surface area contributed by atoms with Crippen LogP contribution in [0, 0.1) is 12.7 Å². The molecule has 2 heterocycles. The van der Waals surface area contributed by atoms with Crippen molar-refractivity contribution in [1.29, 1.82) is 0 Å². The van der Waals surface area contributed by atoms with Crippen molar-refractivity contribution in [2.75, 3.05) is 0 Å². The number of furan rings is 1. The topological polar surface area (TPSA) is 55.1 Å². The summed E-state index contributed by atoms with van der Waals surface area (Å²) in [6, 6.07) is 7.31. The fraction of sp³-hybridized carbons (Fsp3) is 0.125. The maximum atomic E-state index is 13.0. The predicted octanol–water partition coefficient (Wildman–Crippen LogP) is 4.43. The molecule has 1 N–H and O–H groups in total. The van der Waals surface area contributed by atoms with E-state index in [1.54, 1.807) is 12.3 Å². The van der Waals surface area contributed by atoms with Gasteiger partial charge in [0.25, 0.3) is 5.91 Å². The third-order valence-corrected chi connectivity index (χ3v) is 4.69. The quantitative estimate of drug-likeness (QED) is 0.757. The second-order valence-electron chi connectivity index (χ2n) is 4.81. The molecule has 0 aliphatic carbocycles. The van der Waals surface area contributed by atoms with Crippen molar-refractivity contribution in [2.45, 2.75) is 13.5 Å². The van der Waals surface area contributed by atoms with Crippen LogP contribution >= 0.6 is 22.9 Å². The smallest absolute Gasteiger partial charge is 0.253 e. The van der Waals surface area contributed by atoms with Gasteiger partial charge in [-0.1, -0.05) is 11.6 Å². The molecule has 23 heavy (non-hydrogen) atoms. The molecular formula is C16H12ClFN2O2S. The van der Waals surface area contributed by atoms with Crippen molar-refractivity contribution >= 4 is 28.8 Å². The number of carbonyl (C=O) groups excluding carboxylic acids is 1. The summed E-state index contributed by atoms with van der Waals surface area (Å²) in [4.78, 5) is 17.5. The first-order valence-corrected chi connectivity index (χ1v) is 7.97. The van der Waals surface area contributed by atoms with E-state index >= 15 is 0 Å². The van der Waals surface area contributed by atoms with Gasteiger partial charge in [-0.25, -0.2) is 9.37 Å². The van der Waals surface area contributed by atoms with Crippen LogP contribution in [0.5, 0.6) is 0 Å². The summed E-state index contributed by atoms with van der Waals surface area (Å²) in [5.74, 6) is -0.146. The standard InChI is InChI=1S/C16H12ClFN2O2S/c1-9-14(23-16(20-9)13-3-2-6-22-13)8-19-15(21)11-5-4-10(18)7-12(11)17/h2-7H,8H2,1H3,(H,19,21). The number of thiazole rings is 1. The van der Waals surface area contributed by atoms with Gasteiger partial charge in [0, 0.05) is 4.88 Å². The zero-order valence-corrected chi connectivity index (χ0v) is 13.7. The highest BCUT2D eigenvalue weighted by Crippen LogP contribution is 2.28. The van der Waals surface area contributed by atoms with Crippen molar-refractivity contribution in [3.05, 3.63) is 63.6 Å². The lowest BCUT2D eigenvalue weighted by molar-refractivity contribution is 0.0951. The Labute approximate surface area is 140 Å². The Balaban J connectivity index is 1.72. The van der Waals surface area contributed by atoms with Gasteiger partial charge < -0.3 is 9.73 Å². The first-order chi connectivity index (χ1) is 11.0. The van der Waals surface area contributed by atoms with E-state index in [0.717, 1.165) is 21.6 Å². The number of aryl methyl sites for hydroxylation is 1. The summed E-state index contributed by atoms with van der Waals surface area (Å²) < 4.78 is 18.3. The number of hydrogen-bond acceptors (Lipinski definition) is 4. The minimum absolute atomic E-state index is 0.0831. The van der Waals surface area contributed by atoms with E-state index in [0.29, 0.717) is 12.3 Å². The van der Waals surface area contributed by atoms with Crippen LogP contribution in [0.4, 0.5) is 4.39 Å². The predicted molar refractivity (Wildman–Crippen MR) is 87.1 cm³/mol. The van der Waals surface area contributed by atoms with E-state index in [9.17, 15) is 9.18 Å². The number of benzene rings is 1. The number of amides is 1. The summed E-state index contributed by atoms with van der Waals surface area (Å²) in [6.45, 7) is 2.19. The fourth-order valence-electron chi connectivity index (χ4n) is 2.03. The maximum Gasteiger partial charge on any atom is 0.253 e. The molecule has 0 unspecified atom stereocenters. The fourth-order valence-corrected chi connectivity index (χ4v) is 3.25. The maximum absolute atomic E-state index is 13.0. The second kappa shape index (κ2) is 6.52. The van der Waals surface area contributed by atoms with Crippen LogP contribution in [-0.2, 0) is 6.54 Å². The molecule has 0 fully saturated rings. The molecular weight excluding hydrogens is 339 g/mol. The van der Waals surface area contributed by atoms with Gasteiger partial charge in [0.15, 0.2) is 10.8 Å². The van der Waals surface area contributed by atoms with E-state index in [1.165, 1.54) is 23.5 Å². The molecule has 1 amide bonds. The minimum Gasteiger partial charge on any atom is -0.462 e. The first-order valence-electron chi connectivity index (χ1n) is 6.78. The Hall–Kier alpha value is -2.18. The van der Waals surface area contributed by atoms with Crippen LogP contribution in [0.3, 0.4) is 0 Å². The molecule has 4 nitrogen and oxygen atoms in total. The van der Waals surface area contributed by atoms with Gasteiger partial charge >= 0.3 is 0 Å². The van der Waals surface area contributed by atoms with Crippen molar-refractivity contribution in [3.63, 3.8) is 0 Å². The number of hydrogen-bond donors (Lipinski definition) is 1. The molecule has 3 aromatic rings. The van der Waals surface area contributed by atoms with Crippen LogP contribution in [0.15, 0.2) is 41.0 Å². The van der Waals surface area contributed by atoms with Crippen molar-refractivity contribution < 1.29 is 13.6 Å². The molecule has 0 saturated carbocycles. The molecule has 0 radical (unpaired) electrons. The molecule has 118 valence electrons. The molecule has 0 aliphatic rings. The van der Waals surface area contributed by atoms with Crippen molar-refractivity contribution in [2.24, 2.45) is 0 Å². The van der Waals surface area contributed by atoms with E-state index in [-0.39, 0.29) is 16.5 Å². The Morgan fingerprint density at radius 3 is 2.96 bits per heavy atom. The summed E-state index contributed by atoms with van der Waals surface area (Å²) in [5.41, 5.74) is 1.06. The van der Waals surface area contributed by atoms with Gasteiger partial charge in [-0.3, -0.25) is 4.79 Å². The normalized spacial score (nSPS) is 10.7. The lowest BCUT2D eigenvalue weighted by Gasteiger charge is -2.06. The zero-order chi connectivity index (χ0) is 16.4. The minimum atomic E-state index is -0.479. The Morgan fingerprint density at radius 2 is 2.26 bits per heavy atom. The lowest BCUT2D eigenvalue weighted by Crippen LogP contribution is -2.23. The number of rotatable bonds is 4. The van der Waals surface area contributed by atoms with Crippen LogP contribution in [0.2, 0.25) is 5.02 Å². The molecule has 7 heteroatoms. The first kappa shape index (κ1) is 15.7. The third-order valence-electron chi connectivity index (χ3n) is 3.21. The lowest BCUT2D eigenvalue weighted by atomic mass is 10.2. The highest BCUT2D eigenvalue weighted by atomic mass is 35.5. The third kappa shape index (κ3) is 3.43. The Bertz CT molecular complexity index is 846. The summed E-state index contributed by atoms with van der Waals surface area (Å²) >= 11 is 7.33. The summed E-state index contributed by atoms with van der Waals surface area (Å²) in [6.07, 6.45) is 1.59. The molecule has 0 atom stereocenters. The Morgan fingerprint density at radius 1 is 1.43 bits per heavy atom. The van der Waals surface area contributed by atoms with Gasteiger partial charge in [0.2, 0.25) is 0 Å². The molecule has 1 aromatic carbocycles. The molecule has 0 aliphatic heterocycles. The van der Waals surface area contributed by atoms with Gasteiger partial charge in [-0.2, -0.15) is 0 Å². The average Bonchev–Trinajstić information content (AvgIpc) is 3.14. The second-order valence-corrected chi connectivity index (χ2v) is 6.30. The molecule has 3 rings (SSSR count). The van der Waals surface area contributed by atoms with Gasteiger partial charge in [0.05, 0.1) is 29.1 Å². The highest BCUT2D eigenvalue weighted by Gasteiger charge is 2.14. The van der Waals surface area contributed by atoms with Crippen LogP contribution in [0.1, 0.15) is 20.9 Å². The van der Waals surface area contributed by atoms with E-state index in [1.807, 2.05) is 13.0 Å². The van der Waals surface area contributed by atoms with Gasteiger partial charge in [-0.15, -0.1) is 11.3 Å². The average molecular weight is 351 g/mol. The van der Waals surface area contributed by atoms with E-state index in [2.05, 4.69) is 10.3 Å². The molecule has 0 saturated heterocycles. The summed E-state index contributed by atoms with van der Waals surface area (Å²) in [5, 5.41) is 3.61. The molecule has 0 bridgehead atoms. The number of nitrogens with one attached hydrogen (secondary N) is 1. The molecule has 0 spiro atoms. The number of carbonyl (C=O) groups is 1. The van der Waals surface area contributed by atoms with Gasteiger partial charge in [0.1, 0.15) is 5.82 Å². The van der Waals surface area contributed by atoms with E-state index in [4.69, 9.17) is 16.0 Å². The SMILES string of the molecule is Cc1nc(-c2ccco2)sc1CNC(=O)c1ccc(F)cc1Cl. The van der Waals surface area contributed by atoms with Crippen molar-refractivity contribution in [1.82, 2.24) is 10.3 Å². The highest BCUT2D eigenvalue weighted by molar-refractivity contribution is 7.15. The van der Waals surface area contributed by atoms with Crippen molar-refractivity contribution in [3.8, 4) is 10.8 Å². The van der Waals surface area contributed by atoms with Gasteiger partial charge in [-0.05, 0) is 37.3 Å².